The number of benzene rings is 1. The van der Waals surface area contributed by atoms with Gasteiger partial charge in [0.25, 0.3) is 0 Å². The minimum absolute atomic E-state index is 0.0245. The van der Waals surface area contributed by atoms with Crippen LogP contribution >= 0.6 is 0 Å². The molecule has 1 aromatic carbocycles. The molecule has 0 saturated carbocycles. The van der Waals surface area contributed by atoms with E-state index < -0.39 is 0 Å². The highest BCUT2D eigenvalue weighted by Gasteiger charge is 2.45. The predicted octanol–water partition coefficient (Wildman–Crippen LogP) is 0.346. The summed E-state index contributed by atoms with van der Waals surface area (Å²) in [6, 6.07) is 7.85. The van der Waals surface area contributed by atoms with Crippen molar-refractivity contribution >= 4 is 17.3 Å². The molecule has 0 aromatic heterocycles. The van der Waals surface area contributed by atoms with Gasteiger partial charge >= 0.3 is 0 Å². The number of carbonyl (C=O) groups excluding carboxylic acids is 1. The third-order valence-electron chi connectivity index (χ3n) is 3.16. The predicted molar refractivity (Wildman–Crippen MR) is 58.5 cm³/mol. The van der Waals surface area contributed by atoms with Crippen LogP contribution in [0.2, 0.25) is 0 Å². The van der Waals surface area contributed by atoms with E-state index in [2.05, 4.69) is 5.32 Å². The molecule has 2 fully saturated rings. The minimum atomic E-state index is 0.0245. The zero-order valence-electron chi connectivity index (χ0n) is 8.31. The molecule has 3 N–H and O–H groups in total. The Hall–Kier alpha value is -1.55. The lowest BCUT2D eigenvalue weighted by atomic mass is 10.2. The van der Waals surface area contributed by atoms with Crippen LogP contribution in [0.3, 0.4) is 0 Å². The van der Waals surface area contributed by atoms with Gasteiger partial charge < -0.3 is 16.0 Å². The molecule has 0 radical (unpaired) electrons. The van der Waals surface area contributed by atoms with Gasteiger partial charge in [-0.15, -0.1) is 0 Å². The first kappa shape index (κ1) is 8.73. The van der Waals surface area contributed by atoms with Gasteiger partial charge in [-0.1, -0.05) is 6.07 Å². The fourth-order valence-corrected chi connectivity index (χ4v) is 2.46. The summed E-state index contributed by atoms with van der Waals surface area (Å²) >= 11 is 0. The number of hydrogen-bond acceptors (Lipinski definition) is 3. The van der Waals surface area contributed by atoms with Crippen LogP contribution in [0, 0.1) is 0 Å². The normalized spacial score (nSPS) is 28.8. The number of nitrogens with zero attached hydrogens (tertiary/aromatic N) is 1. The number of fused-ring (bicyclic) bond motifs is 2. The van der Waals surface area contributed by atoms with Crippen molar-refractivity contribution in [2.24, 2.45) is 0 Å². The van der Waals surface area contributed by atoms with Crippen molar-refractivity contribution in [2.45, 2.75) is 18.5 Å². The number of rotatable bonds is 1. The van der Waals surface area contributed by atoms with E-state index in [4.69, 9.17) is 5.73 Å². The summed E-state index contributed by atoms with van der Waals surface area (Å²) in [5, 5.41) is 3.20. The van der Waals surface area contributed by atoms with Gasteiger partial charge in [0.1, 0.15) is 0 Å². The number of amides is 1. The third-order valence-corrected chi connectivity index (χ3v) is 3.16. The Balaban J connectivity index is 1.98. The maximum atomic E-state index is 11.9. The van der Waals surface area contributed by atoms with Gasteiger partial charge in [0.15, 0.2) is 0 Å². The van der Waals surface area contributed by atoms with Crippen LogP contribution in [-0.2, 0) is 4.79 Å². The molecule has 4 nitrogen and oxygen atoms in total. The standard InChI is InChI=1S/C11H13N3O/c12-7-2-1-3-8(4-7)14-9-5-10(11(14)15)13-6-9/h1-4,9-10,13H,5-6,12H2. The molecule has 2 aliphatic heterocycles. The molecule has 0 spiro atoms. The second-order valence-corrected chi connectivity index (χ2v) is 4.15. The van der Waals surface area contributed by atoms with E-state index in [0.717, 1.165) is 18.7 Å². The van der Waals surface area contributed by atoms with E-state index in [0.29, 0.717) is 11.7 Å². The van der Waals surface area contributed by atoms with Crippen LogP contribution in [0.1, 0.15) is 6.42 Å². The Morgan fingerprint density at radius 1 is 1.47 bits per heavy atom. The lowest BCUT2D eigenvalue weighted by Gasteiger charge is -2.27. The van der Waals surface area contributed by atoms with E-state index in [9.17, 15) is 4.79 Å². The van der Waals surface area contributed by atoms with Crippen molar-refractivity contribution in [3.8, 4) is 0 Å². The molecule has 3 rings (SSSR count). The summed E-state index contributed by atoms with van der Waals surface area (Å²) < 4.78 is 0. The van der Waals surface area contributed by atoms with Gasteiger partial charge in [-0.05, 0) is 24.6 Å². The fraction of sp³-hybridized carbons (Fsp3) is 0.364. The molecule has 2 atom stereocenters. The van der Waals surface area contributed by atoms with Crippen LogP contribution in [0.15, 0.2) is 24.3 Å². The molecule has 1 aromatic rings. The van der Waals surface area contributed by atoms with Crippen molar-refractivity contribution in [3.05, 3.63) is 24.3 Å². The van der Waals surface area contributed by atoms with Gasteiger partial charge in [0, 0.05) is 17.9 Å². The summed E-state index contributed by atoms with van der Waals surface area (Å²) in [6.45, 7) is 0.894. The first-order valence-electron chi connectivity index (χ1n) is 5.18. The molecule has 78 valence electrons. The molecule has 2 unspecified atom stereocenters. The summed E-state index contributed by atoms with van der Waals surface area (Å²) in [6.07, 6.45) is 0.924. The average molecular weight is 203 g/mol. The van der Waals surface area contributed by atoms with Crippen molar-refractivity contribution < 1.29 is 4.79 Å². The van der Waals surface area contributed by atoms with Gasteiger partial charge in [0.05, 0.1) is 12.1 Å². The number of anilines is 2. The summed E-state index contributed by atoms with van der Waals surface area (Å²) in [4.78, 5) is 13.8. The molecule has 2 bridgehead atoms. The lowest BCUT2D eigenvalue weighted by Crippen LogP contribution is -2.48. The summed E-state index contributed by atoms with van der Waals surface area (Å²) in [7, 11) is 0. The highest BCUT2D eigenvalue weighted by atomic mass is 16.2. The molecular formula is C11H13N3O. The zero-order chi connectivity index (χ0) is 10.4. The van der Waals surface area contributed by atoms with Gasteiger partial charge in [-0.2, -0.15) is 0 Å². The Bertz CT molecular complexity index is 418. The largest absolute Gasteiger partial charge is 0.399 e. The Morgan fingerprint density at radius 2 is 2.33 bits per heavy atom. The van der Waals surface area contributed by atoms with Crippen LogP contribution in [0.5, 0.6) is 0 Å². The van der Waals surface area contributed by atoms with Crippen LogP contribution < -0.4 is 16.0 Å². The van der Waals surface area contributed by atoms with E-state index in [1.165, 1.54) is 0 Å². The smallest absolute Gasteiger partial charge is 0.244 e. The molecule has 1 amide bonds. The fourth-order valence-electron chi connectivity index (χ4n) is 2.46. The van der Waals surface area contributed by atoms with Gasteiger partial charge in [-0.3, -0.25) is 4.79 Å². The Kier molecular flexibility index (Phi) is 1.73. The first-order valence-corrected chi connectivity index (χ1v) is 5.18. The van der Waals surface area contributed by atoms with Crippen LogP contribution in [0.25, 0.3) is 0 Å². The highest BCUT2D eigenvalue weighted by molar-refractivity contribution is 6.01. The molecular weight excluding hydrogens is 190 g/mol. The van der Waals surface area contributed by atoms with Crippen LogP contribution in [-0.4, -0.2) is 24.5 Å². The molecule has 0 aliphatic carbocycles. The Morgan fingerprint density at radius 3 is 3.00 bits per heavy atom. The molecule has 2 aliphatic rings. The number of piperazine rings is 1. The number of hydrogen-bond donors (Lipinski definition) is 2. The molecule has 2 heterocycles. The second kappa shape index (κ2) is 2.97. The quantitative estimate of drug-likeness (QED) is 0.647. The molecule has 4 heteroatoms. The van der Waals surface area contributed by atoms with Crippen LogP contribution in [0.4, 0.5) is 11.4 Å². The molecule has 15 heavy (non-hydrogen) atoms. The lowest BCUT2D eigenvalue weighted by molar-refractivity contribution is -0.119. The number of nitrogens with two attached hydrogens (primary N) is 1. The SMILES string of the molecule is Nc1cccc(N2C(=O)C3CC2CN3)c1. The van der Waals surface area contributed by atoms with Crippen molar-refractivity contribution in [2.75, 3.05) is 17.2 Å². The third kappa shape index (κ3) is 1.22. The van der Waals surface area contributed by atoms with Crippen molar-refractivity contribution in [1.29, 1.82) is 0 Å². The van der Waals surface area contributed by atoms with E-state index >= 15 is 0 Å². The maximum absolute atomic E-state index is 11.9. The average Bonchev–Trinajstić information content (AvgIpc) is 2.77. The summed E-state index contributed by atoms with van der Waals surface area (Å²) in [5.41, 5.74) is 7.35. The summed E-state index contributed by atoms with van der Waals surface area (Å²) in [5.74, 6) is 0.178. The number of nitrogen functional groups attached to an aromatic ring is 1. The van der Waals surface area contributed by atoms with E-state index in [1.54, 1.807) is 0 Å². The van der Waals surface area contributed by atoms with Gasteiger partial charge in [-0.25, -0.2) is 0 Å². The molecule has 2 saturated heterocycles. The monoisotopic (exact) mass is 203 g/mol. The zero-order valence-corrected chi connectivity index (χ0v) is 8.31. The number of nitrogens with one attached hydrogen (secondary N) is 1. The van der Waals surface area contributed by atoms with Crippen molar-refractivity contribution in [3.63, 3.8) is 0 Å². The topological polar surface area (TPSA) is 58.4 Å². The maximum Gasteiger partial charge on any atom is 0.244 e. The first-order chi connectivity index (χ1) is 7.25. The Labute approximate surface area is 88.1 Å². The van der Waals surface area contributed by atoms with E-state index in [-0.39, 0.29) is 11.9 Å². The number of carbonyl (C=O) groups is 1. The highest BCUT2D eigenvalue weighted by Crippen LogP contribution is 2.31. The minimum Gasteiger partial charge on any atom is -0.399 e. The second-order valence-electron chi connectivity index (χ2n) is 4.15. The van der Waals surface area contributed by atoms with Crippen molar-refractivity contribution in [1.82, 2.24) is 5.32 Å². The van der Waals surface area contributed by atoms with Gasteiger partial charge in [0.2, 0.25) is 5.91 Å². The van der Waals surface area contributed by atoms with E-state index in [1.807, 2.05) is 29.2 Å².